The van der Waals surface area contributed by atoms with Crippen molar-refractivity contribution < 1.29 is 36.6 Å². The van der Waals surface area contributed by atoms with Gasteiger partial charge in [0.25, 0.3) is 0 Å². The first-order chi connectivity index (χ1) is 14.1. The number of nitrogens with zero attached hydrogens (tertiary/aromatic N) is 1. The van der Waals surface area contributed by atoms with Gasteiger partial charge in [0.05, 0.1) is 36.2 Å². The molecule has 172 valence electrons. The third-order valence-electron chi connectivity index (χ3n) is 6.70. The summed E-state index contributed by atoms with van der Waals surface area (Å²) in [6, 6.07) is 0.000473. The summed E-state index contributed by atoms with van der Waals surface area (Å²) in [4.78, 5) is 14.0. The first kappa shape index (κ1) is 22.3. The van der Waals surface area contributed by atoms with Gasteiger partial charge in [-0.15, -0.1) is 0 Å². The Morgan fingerprint density at radius 2 is 1.83 bits per heavy atom. The molecule has 1 amide bonds. The van der Waals surface area contributed by atoms with Crippen molar-refractivity contribution in [2.45, 2.75) is 81.0 Å². The molecule has 1 aliphatic carbocycles. The molecule has 4 rings (SSSR count). The number of carbonyl (C=O) groups excluding carboxylic acids is 1. The van der Waals surface area contributed by atoms with E-state index in [0.29, 0.717) is 25.8 Å². The van der Waals surface area contributed by atoms with Crippen molar-refractivity contribution >= 4 is 15.7 Å². The van der Waals surface area contributed by atoms with Crippen LogP contribution in [-0.2, 0) is 24.1 Å². The molecule has 3 heterocycles. The molecule has 30 heavy (non-hydrogen) atoms. The number of carbonyl (C=O) groups is 1. The van der Waals surface area contributed by atoms with Crippen LogP contribution in [0.5, 0.6) is 0 Å². The number of rotatable bonds is 5. The Morgan fingerprint density at radius 3 is 2.47 bits per heavy atom. The highest BCUT2D eigenvalue weighted by Crippen LogP contribution is 2.36. The molecule has 1 saturated carbocycles. The Hall–Kier alpha value is -0.880. The summed E-state index contributed by atoms with van der Waals surface area (Å²) >= 11 is 0. The minimum Gasteiger partial charge on any atom is -0.388 e. The van der Waals surface area contributed by atoms with E-state index in [1.165, 1.54) is 0 Å². The molecule has 2 N–H and O–H groups in total. The largest absolute Gasteiger partial charge is 0.388 e. The third-order valence-corrected chi connectivity index (χ3v) is 8.31. The molecule has 0 aromatic heterocycles. The summed E-state index contributed by atoms with van der Waals surface area (Å²) in [6.45, 7) is 0.793. The summed E-state index contributed by atoms with van der Waals surface area (Å²) in [5, 5.41) is 13.8. The predicted octanol–water partition coefficient (Wildman–Crippen LogP) is 0.0868. The molecule has 0 bridgehead atoms. The number of amides is 1. The van der Waals surface area contributed by atoms with E-state index in [0.717, 1.165) is 0 Å². The first-order valence-corrected chi connectivity index (χ1v) is 12.5. The van der Waals surface area contributed by atoms with Gasteiger partial charge in [-0.05, 0) is 12.8 Å². The maximum atomic E-state index is 13.3. The Kier molecular flexibility index (Phi) is 6.38. The lowest BCUT2D eigenvalue weighted by molar-refractivity contribution is -0.134. The quantitative estimate of drug-likeness (QED) is 0.609. The van der Waals surface area contributed by atoms with Crippen LogP contribution in [0.2, 0.25) is 0 Å². The van der Waals surface area contributed by atoms with E-state index in [1.807, 2.05) is 0 Å². The van der Waals surface area contributed by atoms with E-state index in [2.05, 4.69) is 5.32 Å². The molecule has 0 radical (unpaired) electrons. The number of hydrogen-bond acceptors (Lipinski definition) is 7. The normalized spacial score (nSPS) is 38.5. The van der Waals surface area contributed by atoms with Crippen LogP contribution in [0.25, 0.3) is 0 Å². The minimum absolute atomic E-state index is 0.000473. The van der Waals surface area contributed by atoms with Crippen molar-refractivity contribution in [3.63, 3.8) is 0 Å². The topological polar surface area (TPSA) is 105 Å². The van der Waals surface area contributed by atoms with Crippen LogP contribution in [0.15, 0.2) is 0 Å². The second-order valence-corrected chi connectivity index (χ2v) is 11.2. The van der Waals surface area contributed by atoms with Crippen molar-refractivity contribution in [2.75, 3.05) is 31.1 Å². The summed E-state index contributed by atoms with van der Waals surface area (Å²) in [6.07, 6.45) is -1.28. The molecule has 5 unspecified atom stereocenters. The van der Waals surface area contributed by atoms with Crippen LogP contribution >= 0.6 is 0 Å². The van der Waals surface area contributed by atoms with Gasteiger partial charge in [0.1, 0.15) is 12.2 Å². The van der Waals surface area contributed by atoms with E-state index < -0.39 is 34.1 Å². The number of hydrogen-bond donors (Lipinski definition) is 2. The lowest BCUT2D eigenvalue weighted by atomic mass is 9.92. The second-order valence-electron chi connectivity index (χ2n) is 8.94. The number of aliphatic hydroxyl groups is 1. The summed E-state index contributed by atoms with van der Waals surface area (Å²) in [5.74, 6) is -2.73. The van der Waals surface area contributed by atoms with Crippen molar-refractivity contribution in [3.05, 3.63) is 0 Å². The van der Waals surface area contributed by atoms with Crippen LogP contribution < -0.4 is 5.32 Å². The Labute approximate surface area is 175 Å². The van der Waals surface area contributed by atoms with Crippen LogP contribution in [0.1, 0.15) is 38.5 Å². The number of halogens is 2. The van der Waals surface area contributed by atoms with E-state index in [-0.39, 0.29) is 68.0 Å². The summed E-state index contributed by atoms with van der Waals surface area (Å²) < 4.78 is 61.3. The smallest absolute Gasteiger partial charge is 0.248 e. The molecular formula is C19H30F2N2O6S. The number of aliphatic hydroxyl groups excluding tert-OH is 1. The zero-order chi connectivity index (χ0) is 21.5. The summed E-state index contributed by atoms with van der Waals surface area (Å²) in [7, 11) is -3.04. The molecule has 4 fully saturated rings. The Balaban J connectivity index is 1.20. The standard InChI is InChI=1S/C19H30F2N2O6S/c20-19(21)3-1-12(2-4-19)22-11-15-17(25)18-14(29-15)9-13(28-18)10-16(24)23-5-7-30(26,27)8-6-23/h12-15,17-18,22,25H,1-11H2. The highest BCUT2D eigenvalue weighted by molar-refractivity contribution is 7.91. The predicted molar refractivity (Wildman–Crippen MR) is 103 cm³/mol. The van der Waals surface area contributed by atoms with E-state index in [4.69, 9.17) is 9.47 Å². The van der Waals surface area contributed by atoms with Gasteiger partial charge in [-0.3, -0.25) is 4.79 Å². The van der Waals surface area contributed by atoms with Gasteiger partial charge in [0.2, 0.25) is 11.8 Å². The highest BCUT2D eigenvalue weighted by Gasteiger charge is 2.50. The summed E-state index contributed by atoms with van der Waals surface area (Å²) in [5.41, 5.74) is 0. The molecule has 3 aliphatic heterocycles. The number of nitrogens with one attached hydrogen (secondary N) is 1. The average Bonchev–Trinajstić information content (AvgIpc) is 3.19. The lowest BCUT2D eigenvalue weighted by Gasteiger charge is -2.30. The van der Waals surface area contributed by atoms with Crippen LogP contribution in [0.3, 0.4) is 0 Å². The van der Waals surface area contributed by atoms with Crippen LogP contribution in [0, 0.1) is 0 Å². The van der Waals surface area contributed by atoms with Crippen molar-refractivity contribution in [2.24, 2.45) is 0 Å². The third kappa shape index (κ3) is 5.12. The molecule has 0 aromatic rings. The first-order valence-electron chi connectivity index (χ1n) is 10.7. The maximum Gasteiger partial charge on any atom is 0.248 e. The van der Waals surface area contributed by atoms with Gasteiger partial charge in [0, 0.05) is 44.9 Å². The zero-order valence-electron chi connectivity index (χ0n) is 16.8. The fourth-order valence-corrected chi connectivity index (χ4v) is 6.02. The van der Waals surface area contributed by atoms with Crippen molar-refractivity contribution in [3.8, 4) is 0 Å². The van der Waals surface area contributed by atoms with Gasteiger partial charge >= 0.3 is 0 Å². The molecule has 3 saturated heterocycles. The van der Waals surface area contributed by atoms with E-state index in [9.17, 15) is 27.1 Å². The fourth-order valence-electron chi connectivity index (χ4n) is 4.82. The second kappa shape index (κ2) is 8.57. The van der Waals surface area contributed by atoms with Gasteiger partial charge in [-0.2, -0.15) is 0 Å². The van der Waals surface area contributed by atoms with Crippen LogP contribution in [-0.4, -0.2) is 98.0 Å². The van der Waals surface area contributed by atoms with Crippen molar-refractivity contribution in [1.82, 2.24) is 10.2 Å². The van der Waals surface area contributed by atoms with Gasteiger partial charge in [0.15, 0.2) is 9.84 Å². The number of ether oxygens (including phenoxy) is 2. The van der Waals surface area contributed by atoms with E-state index >= 15 is 0 Å². The monoisotopic (exact) mass is 452 g/mol. The maximum absolute atomic E-state index is 13.3. The molecule has 0 spiro atoms. The zero-order valence-corrected chi connectivity index (χ0v) is 17.7. The Morgan fingerprint density at radius 1 is 1.17 bits per heavy atom. The minimum atomic E-state index is -3.04. The number of fused-ring (bicyclic) bond motifs is 1. The molecule has 8 nitrogen and oxygen atoms in total. The molecule has 0 aromatic carbocycles. The molecule has 11 heteroatoms. The van der Waals surface area contributed by atoms with Crippen molar-refractivity contribution in [1.29, 1.82) is 0 Å². The van der Waals surface area contributed by atoms with Crippen LogP contribution in [0.4, 0.5) is 8.78 Å². The number of alkyl halides is 2. The van der Waals surface area contributed by atoms with Gasteiger partial charge in [-0.1, -0.05) is 0 Å². The van der Waals surface area contributed by atoms with E-state index in [1.54, 1.807) is 4.90 Å². The van der Waals surface area contributed by atoms with Gasteiger partial charge < -0.3 is 24.8 Å². The molecule has 4 aliphatic rings. The Bertz CT molecular complexity index is 727. The lowest BCUT2D eigenvalue weighted by Crippen LogP contribution is -2.45. The van der Waals surface area contributed by atoms with Gasteiger partial charge in [-0.25, -0.2) is 17.2 Å². The average molecular weight is 453 g/mol. The fraction of sp³-hybridized carbons (Fsp3) is 0.947. The molecule has 5 atom stereocenters. The number of sulfone groups is 1. The SMILES string of the molecule is O=C(CC1CC2OC(CNC3CCC(F)(F)CC3)C(O)C2O1)N1CCS(=O)(=O)CC1. The molecular weight excluding hydrogens is 422 g/mol. The highest BCUT2D eigenvalue weighted by atomic mass is 32.2.